The molecule has 0 saturated heterocycles. The van der Waals surface area contributed by atoms with E-state index < -0.39 is 0 Å². The normalized spacial score (nSPS) is 11.5. The molecule has 0 amide bonds. The minimum Gasteiger partial charge on any atom is -0.309 e. The third-order valence-electron chi connectivity index (χ3n) is 10.1. The number of aromatic nitrogens is 3. The molecule has 0 saturated carbocycles. The van der Waals surface area contributed by atoms with Crippen LogP contribution in [0.3, 0.4) is 0 Å². The van der Waals surface area contributed by atoms with Crippen molar-refractivity contribution >= 4 is 43.4 Å². The SMILES string of the molecule is c1ccc(-n2c3ccc(-c4ccnc(-c5ccc6ccccc6c5)c4)cc3c3cc(-c4ccnc(-c5ccc6ccccc6c5)c4)ccc32)cc1. The molecule has 51 heavy (non-hydrogen) atoms. The monoisotopic (exact) mass is 649 g/mol. The van der Waals surface area contributed by atoms with Crippen LogP contribution in [-0.2, 0) is 0 Å². The predicted molar refractivity (Wildman–Crippen MR) is 213 cm³/mol. The Labute approximate surface area is 295 Å². The summed E-state index contributed by atoms with van der Waals surface area (Å²) in [6.07, 6.45) is 3.85. The second-order valence-electron chi connectivity index (χ2n) is 13.1. The number of hydrogen-bond donors (Lipinski definition) is 0. The number of pyridine rings is 2. The Hall–Kier alpha value is -6.84. The van der Waals surface area contributed by atoms with Gasteiger partial charge in [-0.1, -0.05) is 103 Å². The highest BCUT2D eigenvalue weighted by atomic mass is 15.0. The first-order valence-corrected chi connectivity index (χ1v) is 17.3. The molecular formula is C48H31N3. The maximum atomic E-state index is 4.78. The summed E-state index contributed by atoms with van der Waals surface area (Å²) in [4.78, 5) is 9.56. The van der Waals surface area contributed by atoms with Crippen LogP contribution in [0, 0.1) is 0 Å². The molecule has 10 rings (SSSR count). The van der Waals surface area contributed by atoms with E-state index >= 15 is 0 Å². The first kappa shape index (κ1) is 29.1. The van der Waals surface area contributed by atoms with Crippen molar-refractivity contribution in [2.24, 2.45) is 0 Å². The largest absolute Gasteiger partial charge is 0.309 e. The fourth-order valence-corrected chi connectivity index (χ4v) is 7.47. The van der Waals surface area contributed by atoms with Crippen LogP contribution in [0.25, 0.3) is 93.8 Å². The van der Waals surface area contributed by atoms with E-state index in [1.165, 1.54) is 43.4 Å². The summed E-state index contributed by atoms with van der Waals surface area (Å²) in [5.74, 6) is 0. The molecular weight excluding hydrogens is 619 g/mol. The van der Waals surface area contributed by atoms with Crippen LogP contribution >= 0.6 is 0 Å². The fourth-order valence-electron chi connectivity index (χ4n) is 7.47. The smallest absolute Gasteiger partial charge is 0.0708 e. The maximum Gasteiger partial charge on any atom is 0.0708 e. The van der Waals surface area contributed by atoms with Gasteiger partial charge in [-0.2, -0.15) is 0 Å². The van der Waals surface area contributed by atoms with E-state index in [-0.39, 0.29) is 0 Å². The highest BCUT2D eigenvalue weighted by molar-refractivity contribution is 6.11. The zero-order chi connectivity index (χ0) is 33.7. The third-order valence-corrected chi connectivity index (χ3v) is 10.1. The van der Waals surface area contributed by atoms with E-state index in [2.05, 4.69) is 180 Å². The highest BCUT2D eigenvalue weighted by Gasteiger charge is 2.16. The number of para-hydroxylation sites is 1. The van der Waals surface area contributed by atoms with Crippen molar-refractivity contribution in [3.05, 3.63) is 188 Å². The predicted octanol–water partition coefficient (Wildman–Crippen LogP) is 12.5. The average Bonchev–Trinajstić information content (AvgIpc) is 3.54. The molecule has 10 aromatic rings. The van der Waals surface area contributed by atoms with Crippen molar-refractivity contribution < 1.29 is 0 Å². The summed E-state index contributed by atoms with van der Waals surface area (Å²) in [6, 6.07) is 63.0. The fraction of sp³-hybridized carbons (Fsp3) is 0. The summed E-state index contributed by atoms with van der Waals surface area (Å²) in [7, 11) is 0. The molecule has 0 spiro atoms. The highest BCUT2D eigenvalue weighted by Crippen LogP contribution is 2.38. The van der Waals surface area contributed by atoms with Gasteiger partial charge in [-0.3, -0.25) is 9.97 Å². The van der Waals surface area contributed by atoms with Gasteiger partial charge in [0.25, 0.3) is 0 Å². The summed E-state index contributed by atoms with van der Waals surface area (Å²) >= 11 is 0. The van der Waals surface area contributed by atoms with Crippen molar-refractivity contribution in [1.82, 2.24) is 14.5 Å². The van der Waals surface area contributed by atoms with Crippen molar-refractivity contribution in [3.8, 4) is 50.5 Å². The molecule has 0 aliphatic carbocycles. The summed E-state index contributed by atoms with van der Waals surface area (Å²) in [5, 5.41) is 7.31. The first-order chi connectivity index (χ1) is 25.2. The zero-order valence-corrected chi connectivity index (χ0v) is 27.7. The zero-order valence-electron chi connectivity index (χ0n) is 27.7. The van der Waals surface area contributed by atoms with Crippen molar-refractivity contribution in [1.29, 1.82) is 0 Å². The maximum absolute atomic E-state index is 4.78. The van der Waals surface area contributed by atoms with Gasteiger partial charge in [0.15, 0.2) is 0 Å². The molecule has 0 aliphatic heterocycles. The lowest BCUT2D eigenvalue weighted by Crippen LogP contribution is -1.93. The Bertz CT molecular complexity index is 2740. The van der Waals surface area contributed by atoms with Gasteiger partial charge in [0.1, 0.15) is 0 Å². The third kappa shape index (κ3) is 5.15. The number of hydrogen-bond acceptors (Lipinski definition) is 2. The Morgan fingerprint density at radius 3 is 1.25 bits per heavy atom. The van der Waals surface area contributed by atoms with Crippen molar-refractivity contribution in [2.75, 3.05) is 0 Å². The van der Waals surface area contributed by atoms with Gasteiger partial charge in [0.2, 0.25) is 0 Å². The molecule has 3 heteroatoms. The number of rotatable bonds is 5. The van der Waals surface area contributed by atoms with E-state index in [4.69, 9.17) is 9.97 Å². The molecule has 3 nitrogen and oxygen atoms in total. The molecule has 3 aromatic heterocycles. The van der Waals surface area contributed by atoms with Crippen molar-refractivity contribution in [3.63, 3.8) is 0 Å². The Kier molecular flexibility index (Phi) is 6.81. The van der Waals surface area contributed by atoms with Crippen LogP contribution in [0.5, 0.6) is 0 Å². The molecule has 0 radical (unpaired) electrons. The average molecular weight is 650 g/mol. The van der Waals surface area contributed by atoms with E-state index in [9.17, 15) is 0 Å². The van der Waals surface area contributed by atoms with Crippen LogP contribution in [-0.4, -0.2) is 14.5 Å². The minimum absolute atomic E-state index is 0.965. The molecule has 7 aromatic carbocycles. The summed E-state index contributed by atoms with van der Waals surface area (Å²) in [6.45, 7) is 0. The topological polar surface area (TPSA) is 30.7 Å². The second-order valence-corrected chi connectivity index (χ2v) is 13.1. The summed E-state index contributed by atoms with van der Waals surface area (Å²) < 4.78 is 2.37. The van der Waals surface area contributed by atoms with E-state index in [0.29, 0.717) is 0 Å². The van der Waals surface area contributed by atoms with E-state index in [1.54, 1.807) is 0 Å². The standard InChI is InChI=1S/C48H31N3/c1-2-12-42(13-3-1)51-47-20-18-36(38-22-24-49-45(30-38)40-16-14-32-8-4-6-10-34(32)26-40)28-43(47)44-29-37(19-21-48(44)51)39-23-25-50-46(31-39)41-17-15-33-9-5-7-11-35(33)27-41/h1-31H. The first-order valence-electron chi connectivity index (χ1n) is 17.3. The lowest BCUT2D eigenvalue weighted by Gasteiger charge is -2.09. The molecule has 0 aliphatic rings. The number of nitrogens with zero attached hydrogens (tertiary/aromatic N) is 3. The number of fused-ring (bicyclic) bond motifs is 5. The second kappa shape index (κ2) is 11.9. The van der Waals surface area contributed by atoms with Gasteiger partial charge in [-0.25, -0.2) is 0 Å². The summed E-state index contributed by atoms with van der Waals surface area (Å²) in [5.41, 5.74) is 12.2. The van der Waals surface area contributed by atoms with Crippen LogP contribution in [0.1, 0.15) is 0 Å². The Morgan fingerprint density at radius 2 is 0.745 bits per heavy atom. The molecule has 238 valence electrons. The molecule has 0 N–H and O–H groups in total. The molecule has 3 heterocycles. The van der Waals surface area contributed by atoms with Gasteiger partial charge in [0.05, 0.1) is 22.4 Å². The molecule has 0 atom stereocenters. The van der Waals surface area contributed by atoms with Gasteiger partial charge >= 0.3 is 0 Å². The molecule has 0 fully saturated rings. The number of benzene rings is 7. The molecule has 0 bridgehead atoms. The van der Waals surface area contributed by atoms with Gasteiger partial charge in [-0.15, -0.1) is 0 Å². The van der Waals surface area contributed by atoms with Crippen LogP contribution in [0.2, 0.25) is 0 Å². The van der Waals surface area contributed by atoms with E-state index in [0.717, 1.165) is 50.5 Å². The van der Waals surface area contributed by atoms with Crippen molar-refractivity contribution in [2.45, 2.75) is 0 Å². The lowest BCUT2D eigenvalue weighted by atomic mass is 9.98. The van der Waals surface area contributed by atoms with E-state index in [1.807, 2.05) is 12.4 Å². The van der Waals surface area contributed by atoms with Crippen LogP contribution < -0.4 is 0 Å². The van der Waals surface area contributed by atoms with Crippen LogP contribution in [0.4, 0.5) is 0 Å². The Morgan fingerprint density at radius 1 is 0.314 bits per heavy atom. The minimum atomic E-state index is 0.965. The molecule has 0 unspecified atom stereocenters. The lowest BCUT2D eigenvalue weighted by molar-refractivity contribution is 1.18. The van der Waals surface area contributed by atoms with Gasteiger partial charge in [0, 0.05) is 40.0 Å². The van der Waals surface area contributed by atoms with Gasteiger partial charge < -0.3 is 4.57 Å². The van der Waals surface area contributed by atoms with Crippen LogP contribution in [0.15, 0.2) is 188 Å². The Balaban J connectivity index is 1.11. The van der Waals surface area contributed by atoms with Gasteiger partial charge in [-0.05, 0) is 117 Å². The quantitative estimate of drug-likeness (QED) is 0.186.